The number of hydrogen-bond donors (Lipinski definition) is 2. The van der Waals surface area contributed by atoms with Crippen LogP contribution in [0.1, 0.15) is 16.7 Å². The van der Waals surface area contributed by atoms with Crippen molar-refractivity contribution in [2.45, 2.75) is 13.8 Å². The molecule has 0 aliphatic rings. The minimum absolute atomic E-state index is 0.183. The zero-order chi connectivity index (χ0) is 16.5. The Morgan fingerprint density at radius 3 is 2.61 bits per heavy atom. The van der Waals surface area contributed by atoms with Gasteiger partial charge in [0.15, 0.2) is 0 Å². The van der Waals surface area contributed by atoms with E-state index in [0.717, 1.165) is 11.3 Å². The van der Waals surface area contributed by atoms with Crippen molar-refractivity contribution >= 4 is 23.9 Å². The molecule has 118 valence electrons. The van der Waals surface area contributed by atoms with E-state index in [9.17, 15) is 4.79 Å². The van der Waals surface area contributed by atoms with E-state index >= 15 is 0 Å². The predicted octanol–water partition coefficient (Wildman–Crippen LogP) is 3.53. The molecule has 0 aromatic heterocycles. The lowest BCUT2D eigenvalue weighted by atomic mass is 10.1. The quantitative estimate of drug-likeness (QED) is 0.633. The van der Waals surface area contributed by atoms with Crippen molar-refractivity contribution in [1.29, 1.82) is 0 Å². The van der Waals surface area contributed by atoms with Gasteiger partial charge >= 0.3 is 0 Å². The number of carbonyl (C=O) groups is 1. The average Bonchev–Trinajstić information content (AvgIpc) is 2.56. The lowest BCUT2D eigenvalue weighted by molar-refractivity contribution is -0.119. The van der Waals surface area contributed by atoms with Gasteiger partial charge in [0.05, 0.1) is 6.54 Å². The fourth-order valence-electron chi connectivity index (χ4n) is 1.94. The molecular formula is C19H21N3O. The molecule has 2 N–H and O–H groups in total. The molecular weight excluding hydrogens is 286 g/mol. The van der Waals surface area contributed by atoms with Gasteiger partial charge in [0, 0.05) is 11.9 Å². The first-order chi connectivity index (χ1) is 11.1. The molecule has 0 fully saturated rings. The van der Waals surface area contributed by atoms with E-state index in [1.54, 1.807) is 12.3 Å². The molecule has 2 aromatic carbocycles. The van der Waals surface area contributed by atoms with Crippen LogP contribution in [0.3, 0.4) is 0 Å². The summed E-state index contributed by atoms with van der Waals surface area (Å²) in [4.78, 5) is 11.7. The zero-order valence-corrected chi connectivity index (χ0v) is 13.4. The number of anilines is 1. The van der Waals surface area contributed by atoms with Crippen LogP contribution in [0, 0.1) is 13.8 Å². The molecule has 0 saturated heterocycles. The summed E-state index contributed by atoms with van der Waals surface area (Å²) in [5, 5.41) is 6.95. The van der Waals surface area contributed by atoms with Crippen LogP contribution >= 0.6 is 0 Å². The topological polar surface area (TPSA) is 53.5 Å². The van der Waals surface area contributed by atoms with Crippen LogP contribution in [0.2, 0.25) is 0 Å². The Labute approximate surface area is 136 Å². The molecule has 0 aliphatic carbocycles. The molecule has 1 amide bonds. The number of allylic oxidation sites excluding steroid dienone is 1. The summed E-state index contributed by atoms with van der Waals surface area (Å²) in [6, 6.07) is 15.9. The van der Waals surface area contributed by atoms with Gasteiger partial charge in [-0.1, -0.05) is 42.5 Å². The number of amides is 1. The first-order valence-electron chi connectivity index (χ1n) is 7.50. The van der Waals surface area contributed by atoms with E-state index in [1.807, 2.05) is 61.5 Å². The van der Waals surface area contributed by atoms with Gasteiger partial charge in [-0.05, 0) is 48.7 Å². The predicted molar refractivity (Wildman–Crippen MR) is 96.5 cm³/mol. The fraction of sp³-hybridized carbons (Fsp3) is 0.158. The summed E-state index contributed by atoms with van der Waals surface area (Å²) in [6.45, 7) is 4.29. The van der Waals surface area contributed by atoms with Crippen molar-refractivity contribution in [1.82, 2.24) is 5.43 Å². The Morgan fingerprint density at radius 2 is 1.87 bits per heavy atom. The number of nitrogens with zero attached hydrogens (tertiary/aromatic N) is 1. The van der Waals surface area contributed by atoms with Gasteiger partial charge in [-0.2, -0.15) is 5.10 Å². The molecule has 0 atom stereocenters. The third-order valence-electron chi connectivity index (χ3n) is 3.40. The number of rotatable bonds is 6. The number of carbonyl (C=O) groups excluding carboxylic acids is 1. The van der Waals surface area contributed by atoms with E-state index in [1.165, 1.54) is 11.1 Å². The first kappa shape index (κ1) is 16.5. The minimum Gasteiger partial charge on any atom is -0.376 e. The van der Waals surface area contributed by atoms with Crippen LogP contribution in [0.25, 0.3) is 6.08 Å². The maximum absolute atomic E-state index is 11.7. The third kappa shape index (κ3) is 5.79. The van der Waals surface area contributed by atoms with Crippen LogP contribution < -0.4 is 10.7 Å². The highest BCUT2D eigenvalue weighted by Crippen LogP contribution is 2.13. The SMILES string of the molecule is Cc1ccc(NCC(=O)N/N=C\C=C\c2ccccc2)cc1C. The van der Waals surface area contributed by atoms with Crippen LogP contribution in [0.15, 0.2) is 59.7 Å². The fourth-order valence-corrected chi connectivity index (χ4v) is 1.94. The summed E-state index contributed by atoms with van der Waals surface area (Å²) < 4.78 is 0. The van der Waals surface area contributed by atoms with Crippen molar-refractivity contribution in [2.24, 2.45) is 5.10 Å². The number of aryl methyl sites for hydroxylation is 2. The molecule has 0 bridgehead atoms. The molecule has 0 unspecified atom stereocenters. The lowest BCUT2D eigenvalue weighted by Gasteiger charge is -2.07. The second-order valence-electron chi connectivity index (χ2n) is 5.24. The molecule has 2 aromatic rings. The second kappa shape index (κ2) is 8.54. The maximum atomic E-state index is 11.7. The minimum atomic E-state index is -0.187. The zero-order valence-electron chi connectivity index (χ0n) is 13.4. The molecule has 2 rings (SSSR count). The molecule has 0 radical (unpaired) electrons. The van der Waals surface area contributed by atoms with Crippen molar-refractivity contribution < 1.29 is 4.79 Å². The van der Waals surface area contributed by atoms with Gasteiger partial charge in [0.25, 0.3) is 5.91 Å². The Hall–Kier alpha value is -2.88. The van der Waals surface area contributed by atoms with Gasteiger partial charge < -0.3 is 5.32 Å². The first-order valence-corrected chi connectivity index (χ1v) is 7.50. The highest BCUT2D eigenvalue weighted by molar-refractivity contribution is 5.83. The van der Waals surface area contributed by atoms with E-state index in [0.29, 0.717) is 0 Å². The van der Waals surface area contributed by atoms with Crippen molar-refractivity contribution in [3.8, 4) is 0 Å². The number of nitrogens with one attached hydrogen (secondary N) is 2. The average molecular weight is 307 g/mol. The highest BCUT2D eigenvalue weighted by Gasteiger charge is 2.00. The molecule has 0 heterocycles. The molecule has 23 heavy (non-hydrogen) atoms. The van der Waals surface area contributed by atoms with Gasteiger partial charge in [-0.25, -0.2) is 5.43 Å². The Bertz CT molecular complexity index is 706. The molecule has 0 saturated carbocycles. The largest absolute Gasteiger partial charge is 0.376 e. The summed E-state index contributed by atoms with van der Waals surface area (Å²) in [5.41, 5.74) is 6.92. The normalized spacial score (nSPS) is 11.0. The van der Waals surface area contributed by atoms with Crippen LogP contribution in [-0.2, 0) is 4.79 Å². The van der Waals surface area contributed by atoms with Crippen LogP contribution in [-0.4, -0.2) is 18.7 Å². The van der Waals surface area contributed by atoms with Gasteiger partial charge in [0.2, 0.25) is 0 Å². The Morgan fingerprint density at radius 1 is 1.09 bits per heavy atom. The van der Waals surface area contributed by atoms with E-state index in [2.05, 4.69) is 22.8 Å². The summed E-state index contributed by atoms with van der Waals surface area (Å²) in [6.07, 6.45) is 5.26. The smallest absolute Gasteiger partial charge is 0.259 e. The lowest BCUT2D eigenvalue weighted by Crippen LogP contribution is -2.25. The number of hydrogen-bond acceptors (Lipinski definition) is 3. The van der Waals surface area contributed by atoms with Crippen LogP contribution in [0.5, 0.6) is 0 Å². The Kier molecular flexibility index (Phi) is 6.12. The standard InChI is InChI=1S/C19H21N3O/c1-15-10-11-18(13-16(15)2)20-14-19(23)22-21-12-6-9-17-7-4-3-5-8-17/h3-13,20H,14H2,1-2H3,(H,22,23)/b9-6+,21-12-. The summed E-state index contributed by atoms with van der Waals surface area (Å²) in [5.74, 6) is -0.187. The molecule has 4 heteroatoms. The summed E-state index contributed by atoms with van der Waals surface area (Å²) in [7, 11) is 0. The van der Waals surface area contributed by atoms with Crippen LogP contribution in [0.4, 0.5) is 5.69 Å². The number of benzene rings is 2. The van der Waals surface area contributed by atoms with Gasteiger partial charge in [-0.3, -0.25) is 4.79 Å². The number of hydrazone groups is 1. The molecule has 4 nitrogen and oxygen atoms in total. The Balaban J connectivity index is 1.73. The maximum Gasteiger partial charge on any atom is 0.259 e. The van der Waals surface area contributed by atoms with Gasteiger partial charge in [-0.15, -0.1) is 0 Å². The van der Waals surface area contributed by atoms with Crippen molar-refractivity contribution in [3.63, 3.8) is 0 Å². The molecule has 0 spiro atoms. The van der Waals surface area contributed by atoms with E-state index in [-0.39, 0.29) is 12.5 Å². The van der Waals surface area contributed by atoms with E-state index in [4.69, 9.17) is 0 Å². The van der Waals surface area contributed by atoms with E-state index < -0.39 is 0 Å². The monoisotopic (exact) mass is 307 g/mol. The second-order valence-corrected chi connectivity index (χ2v) is 5.24. The van der Waals surface area contributed by atoms with Crippen molar-refractivity contribution in [3.05, 3.63) is 71.3 Å². The summed E-state index contributed by atoms with van der Waals surface area (Å²) >= 11 is 0. The molecule has 0 aliphatic heterocycles. The van der Waals surface area contributed by atoms with Gasteiger partial charge in [0.1, 0.15) is 0 Å². The third-order valence-corrected chi connectivity index (χ3v) is 3.40. The highest BCUT2D eigenvalue weighted by atomic mass is 16.2. The van der Waals surface area contributed by atoms with Crippen molar-refractivity contribution in [2.75, 3.05) is 11.9 Å².